The van der Waals surface area contributed by atoms with E-state index in [0.717, 1.165) is 5.56 Å². The predicted molar refractivity (Wildman–Crippen MR) is 111 cm³/mol. The number of carbonyl (C=O) groups excluding carboxylic acids is 2. The molecule has 6 heteroatoms. The number of rotatable bonds is 7. The van der Waals surface area contributed by atoms with Gasteiger partial charge in [0.25, 0.3) is 5.91 Å². The third-order valence-electron chi connectivity index (χ3n) is 4.57. The van der Waals surface area contributed by atoms with Crippen molar-refractivity contribution in [3.8, 4) is 5.75 Å². The second-order valence-electron chi connectivity index (χ2n) is 6.74. The lowest BCUT2D eigenvalue weighted by Gasteiger charge is -2.19. The number of benzene rings is 3. The van der Waals surface area contributed by atoms with E-state index in [1.807, 2.05) is 30.3 Å². The minimum atomic E-state index is -0.650. The van der Waals surface area contributed by atoms with Crippen LogP contribution >= 0.6 is 0 Å². The highest BCUT2D eigenvalue weighted by Crippen LogP contribution is 2.19. The Morgan fingerprint density at radius 2 is 1.57 bits per heavy atom. The first kappa shape index (κ1) is 21.0. The van der Waals surface area contributed by atoms with E-state index >= 15 is 0 Å². The maximum Gasteiger partial charge on any atom is 0.339 e. The summed E-state index contributed by atoms with van der Waals surface area (Å²) < 4.78 is 24.0. The molecule has 0 radical (unpaired) electrons. The second-order valence-corrected chi connectivity index (χ2v) is 6.74. The van der Waals surface area contributed by atoms with Crippen molar-refractivity contribution in [1.82, 2.24) is 4.90 Å². The molecule has 0 aliphatic heterocycles. The Bertz CT molecular complexity index is 1040. The summed E-state index contributed by atoms with van der Waals surface area (Å²) in [5.74, 6) is -1.36. The fourth-order valence-corrected chi connectivity index (χ4v) is 3.01. The summed E-state index contributed by atoms with van der Waals surface area (Å²) in [5, 5.41) is 0. The highest BCUT2D eigenvalue weighted by Gasteiger charge is 2.21. The molecular formula is C24H22FNO4. The van der Waals surface area contributed by atoms with Gasteiger partial charge in [0, 0.05) is 13.6 Å². The minimum absolute atomic E-state index is 0.113. The lowest BCUT2D eigenvalue weighted by atomic mass is 10.1. The third kappa shape index (κ3) is 5.03. The molecule has 0 unspecified atom stereocenters. The van der Waals surface area contributed by atoms with Crippen molar-refractivity contribution in [2.24, 2.45) is 0 Å². The van der Waals surface area contributed by atoms with Gasteiger partial charge in [0.15, 0.2) is 11.6 Å². The Balaban J connectivity index is 1.71. The van der Waals surface area contributed by atoms with Gasteiger partial charge in [-0.15, -0.1) is 0 Å². The van der Waals surface area contributed by atoms with Crippen LogP contribution in [0.15, 0.2) is 72.8 Å². The van der Waals surface area contributed by atoms with Gasteiger partial charge < -0.3 is 14.4 Å². The molecule has 3 aromatic carbocycles. The first-order chi connectivity index (χ1) is 14.5. The lowest BCUT2D eigenvalue weighted by Crippen LogP contribution is -2.28. The fourth-order valence-electron chi connectivity index (χ4n) is 3.01. The zero-order valence-electron chi connectivity index (χ0n) is 16.8. The Kier molecular flexibility index (Phi) is 6.80. The van der Waals surface area contributed by atoms with E-state index in [9.17, 15) is 14.0 Å². The standard InChI is InChI=1S/C24H22FNO4/c1-26(15-17-8-4-3-5-9-17)23(27)19-10-6-7-11-20(19)24(28)30-16-18-12-13-22(29-2)21(25)14-18/h3-14H,15-16H2,1-2H3. The number of methoxy groups -OCH3 is 1. The zero-order chi connectivity index (χ0) is 21.5. The van der Waals surface area contributed by atoms with Crippen molar-refractivity contribution in [3.63, 3.8) is 0 Å². The first-order valence-electron chi connectivity index (χ1n) is 9.37. The molecule has 0 aromatic heterocycles. The van der Waals surface area contributed by atoms with Gasteiger partial charge in [-0.1, -0.05) is 48.5 Å². The van der Waals surface area contributed by atoms with Crippen molar-refractivity contribution in [2.75, 3.05) is 14.2 Å². The van der Waals surface area contributed by atoms with Crippen LogP contribution in [0, 0.1) is 5.82 Å². The maximum atomic E-state index is 13.8. The van der Waals surface area contributed by atoms with E-state index in [1.165, 1.54) is 19.2 Å². The van der Waals surface area contributed by atoms with Crippen molar-refractivity contribution in [3.05, 3.63) is 101 Å². The largest absolute Gasteiger partial charge is 0.494 e. The lowest BCUT2D eigenvalue weighted by molar-refractivity contribution is 0.0466. The average Bonchev–Trinajstić information content (AvgIpc) is 2.77. The Morgan fingerprint density at radius 1 is 0.900 bits per heavy atom. The van der Waals surface area contributed by atoms with Crippen LogP contribution in [0.2, 0.25) is 0 Å². The van der Waals surface area contributed by atoms with Gasteiger partial charge in [0.05, 0.1) is 18.2 Å². The zero-order valence-corrected chi connectivity index (χ0v) is 16.8. The van der Waals surface area contributed by atoms with Crippen molar-refractivity contribution < 1.29 is 23.5 Å². The monoisotopic (exact) mass is 407 g/mol. The highest BCUT2D eigenvalue weighted by atomic mass is 19.1. The third-order valence-corrected chi connectivity index (χ3v) is 4.57. The summed E-state index contributed by atoms with van der Waals surface area (Å²) in [6.45, 7) is 0.288. The molecule has 5 nitrogen and oxygen atoms in total. The number of ether oxygens (including phenoxy) is 2. The van der Waals surface area contributed by atoms with Crippen LogP contribution in [0.5, 0.6) is 5.75 Å². The van der Waals surface area contributed by atoms with E-state index in [2.05, 4.69) is 0 Å². The molecule has 0 N–H and O–H groups in total. The summed E-state index contributed by atoms with van der Waals surface area (Å²) in [6.07, 6.45) is 0. The Labute approximate surface area is 174 Å². The fraction of sp³-hybridized carbons (Fsp3) is 0.167. The smallest absolute Gasteiger partial charge is 0.339 e. The summed E-state index contributed by atoms with van der Waals surface area (Å²) in [4.78, 5) is 27.1. The van der Waals surface area contributed by atoms with Crippen molar-refractivity contribution in [2.45, 2.75) is 13.2 Å². The Morgan fingerprint density at radius 3 is 2.23 bits per heavy atom. The molecule has 0 bridgehead atoms. The van der Waals surface area contributed by atoms with E-state index in [1.54, 1.807) is 42.3 Å². The minimum Gasteiger partial charge on any atom is -0.494 e. The number of hydrogen-bond acceptors (Lipinski definition) is 4. The number of halogens is 1. The van der Waals surface area contributed by atoms with E-state index in [0.29, 0.717) is 12.1 Å². The summed E-state index contributed by atoms with van der Waals surface area (Å²) in [6, 6.07) is 20.4. The molecule has 0 fully saturated rings. The molecule has 0 saturated heterocycles. The maximum absolute atomic E-state index is 13.8. The summed E-state index contributed by atoms with van der Waals surface area (Å²) in [7, 11) is 3.05. The quantitative estimate of drug-likeness (QED) is 0.543. The highest BCUT2D eigenvalue weighted by molar-refractivity contribution is 6.05. The molecule has 0 saturated carbocycles. The van der Waals surface area contributed by atoms with Crippen molar-refractivity contribution >= 4 is 11.9 Å². The molecule has 3 rings (SSSR count). The van der Waals surface area contributed by atoms with Gasteiger partial charge in [0.2, 0.25) is 0 Å². The van der Waals surface area contributed by atoms with Gasteiger partial charge in [-0.25, -0.2) is 9.18 Å². The molecule has 3 aromatic rings. The molecule has 0 aliphatic carbocycles. The number of carbonyl (C=O) groups is 2. The normalized spacial score (nSPS) is 10.4. The number of hydrogen-bond donors (Lipinski definition) is 0. The van der Waals surface area contributed by atoms with Gasteiger partial charge in [-0.2, -0.15) is 0 Å². The van der Waals surface area contributed by atoms with Crippen LogP contribution in [-0.2, 0) is 17.9 Å². The van der Waals surface area contributed by atoms with Gasteiger partial charge in [0.1, 0.15) is 6.61 Å². The van der Waals surface area contributed by atoms with Crippen LogP contribution in [0.3, 0.4) is 0 Å². The van der Waals surface area contributed by atoms with Gasteiger partial charge >= 0.3 is 5.97 Å². The molecule has 30 heavy (non-hydrogen) atoms. The van der Waals surface area contributed by atoms with Crippen LogP contribution < -0.4 is 4.74 Å². The number of esters is 1. The molecule has 154 valence electrons. The number of nitrogens with zero attached hydrogens (tertiary/aromatic N) is 1. The second kappa shape index (κ2) is 9.69. The first-order valence-corrected chi connectivity index (χ1v) is 9.37. The van der Waals surface area contributed by atoms with Crippen molar-refractivity contribution in [1.29, 1.82) is 0 Å². The van der Waals surface area contributed by atoms with Crippen LogP contribution in [0.4, 0.5) is 4.39 Å². The van der Waals surface area contributed by atoms with E-state index in [4.69, 9.17) is 9.47 Å². The van der Waals surface area contributed by atoms with Crippen LogP contribution in [-0.4, -0.2) is 30.9 Å². The Hall–Kier alpha value is -3.67. The molecule has 0 heterocycles. The van der Waals surface area contributed by atoms with Gasteiger partial charge in [-0.05, 0) is 35.4 Å². The molecule has 0 atom stereocenters. The summed E-state index contributed by atoms with van der Waals surface area (Å²) >= 11 is 0. The van der Waals surface area contributed by atoms with E-state index < -0.39 is 11.8 Å². The van der Waals surface area contributed by atoms with Crippen LogP contribution in [0.1, 0.15) is 31.8 Å². The average molecular weight is 407 g/mol. The van der Waals surface area contributed by atoms with Crippen LogP contribution in [0.25, 0.3) is 0 Å². The molecule has 0 spiro atoms. The topological polar surface area (TPSA) is 55.8 Å². The summed E-state index contributed by atoms with van der Waals surface area (Å²) in [5.41, 5.74) is 1.87. The van der Waals surface area contributed by atoms with E-state index in [-0.39, 0.29) is 29.4 Å². The molecule has 0 aliphatic rings. The SMILES string of the molecule is COc1ccc(COC(=O)c2ccccc2C(=O)N(C)Cc2ccccc2)cc1F. The molecule has 1 amide bonds. The molecular weight excluding hydrogens is 385 g/mol. The predicted octanol–water partition coefficient (Wildman–Crippen LogP) is 4.46. The van der Waals surface area contributed by atoms with Gasteiger partial charge in [-0.3, -0.25) is 4.79 Å². The number of amides is 1.